The maximum Gasteiger partial charge on any atom is 0.0657 e. The molecule has 3 heteroatoms. The van der Waals surface area contributed by atoms with Crippen LogP contribution in [-0.4, -0.2) is 9.13 Å². The number of halogens is 1. The zero-order chi connectivity index (χ0) is 31.1. The largest absolute Gasteiger partial charge is 0.308 e. The van der Waals surface area contributed by atoms with Gasteiger partial charge in [0, 0.05) is 21.5 Å². The molecule has 0 bridgehead atoms. The summed E-state index contributed by atoms with van der Waals surface area (Å²) in [5.41, 5.74) is 9.30. The van der Waals surface area contributed by atoms with Gasteiger partial charge in [-0.15, -0.1) is 0 Å². The zero-order valence-electron chi connectivity index (χ0n) is 25.4. The number of aromatic nitrogens is 2. The minimum absolute atomic E-state index is 1.05. The Morgan fingerprint density at radius 2 is 0.723 bits per heavy atom. The SMILES string of the molecule is Brc1c(-n2c3ccccc3c3cc4ccccc4cc32)cc(-c2ccccc2)cc1-n1c2ccccc2c2cc3ccccc3cc21. The van der Waals surface area contributed by atoms with E-state index in [1.165, 1.54) is 70.7 Å². The first-order valence-electron chi connectivity index (χ1n) is 16.0. The van der Waals surface area contributed by atoms with Crippen molar-refractivity contribution in [1.29, 1.82) is 0 Å². The molecular weight excluding hydrogens is 636 g/mol. The number of fused-ring (bicyclic) bond motifs is 8. The number of rotatable bonds is 3. The van der Waals surface area contributed by atoms with E-state index in [1.54, 1.807) is 0 Å². The highest BCUT2D eigenvalue weighted by molar-refractivity contribution is 9.10. The van der Waals surface area contributed by atoms with E-state index in [0.29, 0.717) is 0 Å². The zero-order valence-corrected chi connectivity index (χ0v) is 26.9. The molecule has 0 radical (unpaired) electrons. The first kappa shape index (κ1) is 26.6. The molecule has 2 heterocycles. The van der Waals surface area contributed by atoms with E-state index in [4.69, 9.17) is 0 Å². The van der Waals surface area contributed by atoms with Crippen molar-refractivity contribution >= 4 is 81.1 Å². The second kappa shape index (κ2) is 10.2. The van der Waals surface area contributed by atoms with Crippen LogP contribution >= 0.6 is 15.9 Å². The van der Waals surface area contributed by atoms with E-state index < -0.39 is 0 Å². The van der Waals surface area contributed by atoms with Gasteiger partial charge in [0.05, 0.1) is 37.9 Å². The van der Waals surface area contributed by atoms with Crippen molar-refractivity contribution in [2.45, 2.75) is 0 Å². The highest BCUT2D eigenvalue weighted by Gasteiger charge is 2.21. The van der Waals surface area contributed by atoms with Gasteiger partial charge in [-0.05, 0) is 97.1 Å². The normalized spacial score (nSPS) is 11.9. The Hall–Kier alpha value is -5.64. The summed E-state index contributed by atoms with van der Waals surface area (Å²) in [6, 6.07) is 59.7. The molecule has 0 fully saturated rings. The minimum atomic E-state index is 1.05. The van der Waals surface area contributed by atoms with Crippen LogP contribution in [-0.2, 0) is 0 Å². The van der Waals surface area contributed by atoms with Gasteiger partial charge in [-0.25, -0.2) is 0 Å². The van der Waals surface area contributed by atoms with Crippen LogP contribution in [0.4, 0.5) is 0 Å². The molecule has 0 spiro atoms. The van der Waals surface area contributed by atoms with Crippen molar-refractivity contribution in [3.05, 3.63) is 168 Å². The second-order valence-corrected chi connectivity index (χ2v) is 13.1. The molecule has 0 atom stereocenters. The first-order chi connectivity index (χ1) is 23.2. The Bertz CT molecular complexity index is 2680. The van der Waals surface area contributed by atoms with Crippen LogP contribution in [0.3, 0.4) is 0 Å². The number of hydrogen-bond acceptors (Lipinski definition) is 0. The Kier molecular flexibility index (Phi) is 5.76. The van der Waals surface area contributed by atoms with E-state index in [1.807, 2.05) is 0 Å². The van der Waals surface area contributed by atoms with Crippen molar-refractivity contribution in [3.63, 3.8) is 0 Å². The molecule has 0 aliphatic heterocycles. The number of hydrogen-bond donors (Lipinski definition) is 0. The topological polar surface area (TPSA) is 9.86 Å². The fourth-order valence-electron chi connectivity index (χ4n) is 7.55. The van der Waals surface area contributed by atoms with E-state index in [0.717, 1.165) is 21.4 Å². The summed E-state index contributed by atoms with van der Waals surface area (Å²) >= 11 is 4.23. The molecule has 0 aliphatic carbocycles. The third-order valence-electron chi connectivity index (χ3n) is 9.70. The highest BCUT2D eigenvalue weighted by Crippen LogP contribution is 2.43. The van der Waals surface area contributed by atoms with Gasteiger partial charge in [0.25, 0.3) is 0 Å². The summed E-state index contributed by atoms with van der Waals surface area (Å²) in [4.78, 5) is 0. The van der Waals surface area contributed by atoms with Gasteiger partial charge < -0.3 is 9.13 Å². The monoisotopic (exact) mass is 662 g/mol. The Morgan fingerprint density at radius 3 is 1.21 bits per heavy atom. The van der Waals surface area contributed by atoms with Crippen LogP contribution in [0.25, 0.3) is 87.7 Å². The average Bonchev–Trinajstić information content (AvgIpc) is 3.62. The van der Waals surface area contributed by atoms with Crippen LogP contribution < -0.4 is 0 Å². The van der Waals surface area contributed by atoms with Gasteiger partial charge >= 0.3 is 0 Å². The molecule has 220 valence electrons. The van der Waals surface area contributed by atoms with E-state index in [9.17, 15) is 0 Å². The lowest BCUT2D eigenvalue weighted by atomic mass is 10.0. The van der Waals surface area contributed by atoms with Crippen molar-refractivity contribution in [3.8, 4) is 22.5 Å². The van der Waals surface area contributed by atoms with Crippen molar-refractivity contribution < 1.29 is 0 Å². The van der Waals surface area contributed by atoms with Gasteiger partial charge in [-0.3, -0.25) is 0 Å². The molecule has 0 amide bonds. The maximum atomic E-state index is 4.23. The molecular formula is C44H27BrN2. The summed E-state index contributed by atoms with van der Waals surface area (Å²) in [5.74, 6) is 0. The van der Waals surface area contributed by atoms with Gasteiger partial charge in [-0.2, -0.15) is 0 Å². The molecule has 0 unspecified atom stereocenters. The van der Waals surface area contributed by atoms with Crippen molar-refractivity contribution in [1.82, 2.24) is 9.13 Å². The van der Waals surface area contributed by atoms with Gasteiger partial charge in [0.2, 0.25) is 0 Å². The Labute approximate surface area is 279 Å². The lowest BCUT2D eigenvalue weighted by Crippen LogP contribution is -2.02. The fraction of sp³-hybridized carbons (Fsp3) is 0. The van der Waals surface area contributed by atoms with Crippen LogP contribution in [0.15, 0.2) is 168 Å². The molecule has 0 aliphatic rings. The molecule has 0 saturated carbocycles. The van der Waals surface area contributed by atoms with E-state index in [2.05, 4.69) is 189 Å². The molecule has 2 aromatic heterocycles. The maximum absolute atomic E-state index is 4.23. The predicted octanol–water partition coefficient (Wildman–Crippen LogP) is 12.6. The Balaban J connectivity index is 1.37. The summed E-state index contributed by atoms with van der Waals surface area (Å²) < 4.78 is 5.93. The third kappa shape index (κ3) is 3.97. The molecule has 10 aromatic rings. The molecule has 8 aromatic carbocycles. The van der Waals surface area contributed by atoms with E-state index in [-0.39, 0.29) is 0 Å². The molecule has 0 saturated heterocycles. The fourth-order valence-corrected chi connectivity index (χ4v) is 8.13. The summed E-state index contributed by atoms with van der Waals surface area (Å²) in [7, 11) is 0. The molecule has 2 nitrogen and oxygen atoms in total. The van der Waals surface area contributed by atoms with Crippen molar-refractivity contribution in [2.75, 3.05) is 0 Å². The van der Waals surface area contributed by atoms with E-state index >= 15 is 0 Å². The van der Waals surface area contributed by atoms with Crippen LogP contribution in [0.1, 0.15) is 0 Å². The van der Waals surface area contributed by atoms with Gasteiger partial charge in [0.1, 0.15) is 0 Å². The lowest BCUT2D eigenvalue weighted by Gasteiger charge is -2.19. The van der Waals surface area contributed by atoms with Crippen LogP contribution in [0.5, 0.6) is 0 Å². The van der Waals surface area contributed by atoms with Crippen molar-refractivity contribution in [2.24, 2.45) is 0 Å². The molecule has 0 N–H and O–H groups in total. The summed E-state index contributed by atoms with van der Waals surface area (Å²) in [6.45, 7) is 0. The number of nitrogens with zero attached hydrogens (tertiary/aromatic N) is 2. The summed E-state index contributed by atoms with van der Waals surface area (Å²) in [5, 5.41) is 9.95. The predicted molar refractivity (Wildman–Crippen MR) is 203 cm³/mol. The minimum Gasteiger partial charge on any atom is -0.308 e. The molecule has 10 rings (SSSR count). The quantitative estimate of drug-likeness (QED) is 0.178. The number of para-hydroxylation sites is 2. The highest BCUT2D eigenvalue weighted by atomic mass is 79.9. The average molecular weight is 664 g/mol. The standard InChI is InChI=1S/C44H27BrN2/c45-44-42(46-38-20-10-8-18-34(38)36-22-29-14-4-6-16-31(29)24-40(36)46)26-33(28-12-2-1-3-13-28)27-43(44)47-39-21-11-9-19-35(39)37-23-30-15-5-7-17-32(30)25-41(37)47/h1-27H. The molecule has 47 heavy (non-hydrogen) atoms. The first-order valence-corrected chi connectivity index (χ1v) is 16.8. The smallest absolute Gasteiger partial charge is 0.0657 e. The van der Waals surface area contributed by atoms with Crippen LogP contribution in [0.2, 0.25) is 0 Å². The lowest BCUT2D eigenvalue weighted by molar-refractivity contribution is 1.12. The van der Waals surface area contributed by atoms with Crippen LogP contribution in [0, 0.1) is 0 Å². The van der Waals surface area contributed by atoms with Gasteiger partial charge in [0.15, 0.2) is 0 Å². The summed E-state index contributed by atoms with van der Waals surface area (Å²) in [6.07, 6.45) is 0. The number of benzene rings is 8. The van der Waals surface area contributed by atoms with Gasteiger partial charge in [-0.1, -0.05) is 115 Å². The second-order valence-electron chi connectivity index (χ2n) is 12.3. The third-order valence-corrected chi connectivity index (χ3v) is 10.5. The Morgan fingerprint density at radius 1 is 0.319 bits per heavy atom.